The molecule has 0 saturated heterocycles. The zero-order chi connectivity index (χ0) is 12.1. The summed E-state index contributed by atoms with van der Waals surface area (Å²) in [5.74, 6) is 0.884. The molecule has 0 aliphatic rings. The molecule has 2 heteroatoms. The van der Waals surface area contributed by atoms with Gasteiger partial charge in [-0.1, -0.05) is 35.9 Å². The molecule has 0 aromatic heterocycles. The summed E-state index contributed by atoms with van der Waals surface area (Å²) in [6.45, 7) is 0. The van der Waals surface area contributed by atoms with Gasteiger partial charge in [0.15, 0.2) is 0 Å². The minimum atomic E-state index is 0.773. The Morgan fingerprint density at radius 1 is 1.12 bits per heavy atom. The molecule has 0 saturated carbocycles. The quantitative estimate of drug-likeness (QED) is 0.787. The fourth-order valence-electron chi connectivity index (χ4n) is 1.62. The molecule has 2 rings (SSSR count). The van der Waals surface area contributed by atoms with Crippen LogP contribution in [-0.2, 0) is 6.42 Å². The molecule has 0 spiro atoms. The van der Waals surface area contributed by atoms with Gasteiger partial charge in [0, 0.05) is 5.02 Å². The van der Waals surface area contributed by atoms with Gasteiger partial charge < -0.3 is 4.74 Å². The molecular formula is C15H14ClO. The van der Waals surface area contributed by atoms with E-state index in [1.807, 2.05) is 42.5 Å². The normalized spacial score (nSPS) is 10.2. The zero-order valence-electron chi connectivity index (χ0n) is 9.69. The topological polar surface area (TPSA) is 9.23 Å². The molecule has 1 nitrogen and oxygen atoms in total. The summed E-state index contributed by atoms with van der Waals surface area (Å²) in [6.07, 6.45) is 3.07. The molecule has 17 heavy (non-hydrogen) atoms. The lowest BCUT2D eigenvalue weighted by Gasteiger charge is -2.04. The first-order valence-corrected chi connectivity index (χ1v) is 5.87. The van der Waals surface area contributed by atoms with Crippen LogP contribution in [0.25, 0.3) is 0 Å². The van der Waals surface area contributed by atoms with Crippen molar-refractivity contribution in [1.82, 2.24) is 0 Å². The molecule has 0 fully saturated rings. The Morgan fingerprint density at radius 2 is 1.88 bits per heavy atom. The summed E-state index contributed by atoms with van der Waals surface area (Å²) in [5, 5.41) is 0.773. The Hall–Kier alpha value is -1.47. The predicted octanol–water partition coefficient (Wildman–Crippen LogP) is 4.14. The van der Waals surface area contributed by atoms with E-state index in [1.165, 1.54) is 11.1 Å². The summed E-state index contributed by atoms with van der Waals surface area (Å²) in [4.78, 5) is 0. The first kappa shape index (κ1) is 12.0. The van der Waals surface area contributed by atoms with Crippen LogP contribution in [0.4, 0.5) is 0 Å². The van der Waals surface area contributed by atoms with Crippen molar-refractivity contribution in [1.29, 1.82) is 0 Å². The fraction of sp³-hybridized carbons (Fsp3) is 0.133. The first-order chi connectivity index (χ1) is 8.28. The van der Waals surface area contributed by atoms with Crippen molar-refractivity contribution in [2.45, 2.75) is 6.42 Å². The largest absolute Gasteiger partial charge is 0.497 e. The molecular weight excluding hydrogens is 232 g/mol. The average molecular weight is 246 g/mol. The van der Waals surface area contributed by atoms with E-state index < -0.39 is 0 Å². The van der Waals surface area contributed by atoms with Crippen LogP contribution < -0.4 is 4.74 Å². The van der Waals surface area contributed by atoms with E-state index in [-0.39, 0.29) is 0 Å². The molecule has 0 amide bonds. The number of hydrogen-bond donors (Lipinski definition) is 0. The molecule has 87 valence electrons. The van der Waals surface area contributed by atoms with Gasteiger partial charge in [-0.3, -0.25) is 0 Å². The average Bonchev–Trinajstić information content (AvgIpc) is 2.38. The van der Waals surface area contributed by atoms with Gasteiger partial charge in [-0.05, 0) is 48.2 Å². The maximum Gasteiger partial charge on any atom is 0.119 e. The number of methoxy groups -OCH3 is 1. The number of rotatable bonds is 4. The SMILES string of the molecule is COc1cccc([CH]Cc2ccc(Cl)cc2)c1. The van der Waals surface area contributed by atoms with Crippen molar-refractivity contribution < 1.29 is 4.74 Å². The van der Waals surface area contributed by atoms with Gasteiger partial charge in [-0.15, -0.1) is 0 Å². The van der Waals surface area contributed by atoms with Crippen LogP contribution in [0.2, 0.25) is 5.02 Å². The van der Waals surface area contributed by atoms with Crippen LogP contribution in [0.3, 0.4) is 0 Å². The summed E-state index contributed by atoms with van der Waals surface area (Å²) in [5.41, 5.74) is 2.41. The predicted molar refractivity (Wildman–Crippen MR) is 71.6 cm³/mol. The molecule has 2 aromatic carbocycles. The lowest BCUT2D eigenvalue weighted by Crippen LogP contribution is -1.90. The van der Waals surface area contributed by atoms with Crippen LogP contribution in [0.1, 0.15) is 11.1 Å². The van der Waals surface area contributed by atoms with Crippen molar-refractivity contribution in [3.8, 4) is 5.75 Å². The van der Waals surface area contributed by atoms with Gasteiger partial charge in [-0.2, -0.15) is 0 Å². The summed E-state index contributed by atoms with van der Waals surface area (Å²) < 4.78 is 5.19. The molecule has 0 N–H and O–H groups in total. The third-order valence-corrected chi connectivity index (χ3v) is 2.83. The van der Waals surface area contributed by atoms with E-state index >= 15 is 0 Å². The zero-order valence-corrected chi connectivity index (χ0v) is 10.4. The standard InChI is InChI=1S/C15H14ClO/c1-17-15-4-2-3-13(11-15)6-5-12-7-9-14(16)10-8-12/h2-4,6-11H,5H2,1H3. The van der Waals surface area contributed by atoms with Crippen molar-refractivity contribution in [3.05, 3.63) is 71.1 Å². The smallest absolute Gasteiger partial charge is 0.119 e. The summed E-state index contributed by atoms with van der Waals surface area (Å²) in [6, 6.07) is 15.9. The number of ether oxygens (including phenoxy) is 1. The Bertz CT molecular complexity index is 477. The van der Waals surface area contributed by atoms with Gasteiger partial charge >= 0.3 is 0 Å². The number of halogens is 1. The van der Waals surface area contributed by atoms with Crippen molar-refractivity contribution in [2.75, 3.05) is 7.11 Å². The minimum Gasteiger partial charge on any atom is -0.497 e. The second kappa shape index (κ2) is 5.74. The van der Waals surface area contributed by atoms with Crippen molar-refractivity contribution >= 4 is 11.6 Å². The maximum absolute atomic E-state index is 5.84. The second-order valence-electron chi connectivity index (χ2n) is 3.81. The molecule has 2 aromatic rings. The van der Waals surface area contributed by atoms with E-state index in [0.29, 0.717) is 0 Å². The van der Waals surface area contributed by atoms with Gasteiger partial charge in [0.05, 0.1) is 7.11 Å². The van der Waals surface area contributed by atoms with Crippen molar-refractivity contribution in [3.63, 3.8) is 0 Å². The lowest BCUT2D eigenvalue weighted by molar-refractivity contribution is 0.414. The second-order valence-corrected chi connectivity index (χ2v) is 4.25. The van der Waals surface area contributed by atoms with Gasteiger partial charge in [0.2, 0.25) is 0 Å². The molecule has 0 atom stereocenters. The van der Waals surface area contributed by atoms with Gasteiger partial charge in [0.25, 0.3) is 0 Å². The highest BCUT2D eigenvalue weighted by molar-refractivity contribution is 6.30. The highest BCUT2D eigenvalue weighted by Gasteiger charge is 1.98. The van der Waals surface area contributed by atoms with E-state index in [4.69, 9.17) is 16.3 Å². The highest BCUT2D eigenvalue weighted by atomic mass is 35.5. The van der Waals surface area contributed by atoms with Gasteiger partial charge in [0.1, 0.15) is 5.75 Å². The Morgan fingerprint density at radius 3 is 2.59 bits per heavy atom. The minimum absolute atomic E-state index is 0.773. The molecule has 0 bridgehead atoms. The highest BCUT2D eigenvalue weighted by Crippen LogP contribution is 2.17. The van der Waals surface area contributed by atoms with Crippen LogP contribution in [0, 0.1) is 6.42 Å². The molecule has 1 radical (unpaired) electrons. The van der Waals surface area contributed by atoms with E-state index in [1.54, 1.807) is 7.11 Å². The van der Waals surface area contributed by atoms with Gasteiger partial charge in [-0.25, -0.2) is 0 Å². The maximum atomic E-state index is 5.84. The molecule has 0 unspecified atom stereocenters. The lowest BCUT2D eigenvalue weighted by atomic mass is 10.0. The molecule has 0 heterocycles. The number of benzene rings is 2. The Balaban J connectivity index is 1.99. The van der Waals surface area contributed by atoms with Crippen LogP contribution in [0.5, 0.6) is 5.75 Å². The molecule has 0 aliphatic carbocycles. The van der Waals surface area contributed by atoms with Crippen molar-refractivity contribution in [2.24, 2.45) is 0 Å². The van der Waals surface area contributed by atoms with E-state index in [0.717, 1.165) is 17.2 Å². The first-order valence-electron chi connectivity index (χ1n) is 5.49. The Kier molecular flexibility index (Phi) is 4.05. The van der Waals surface area contributed by atoms with E-state index in [2.05, 4.69) is 12.5 Å². The molecule has 0 aliphatic heterocycles. The third-order valence-electron chi connectivity index (χ3n) is 2.58. The van der Waals surface area contributed by atoms with Crippen LogP contribution >= 0.6 is 11.6 Å². The van der Waals surface area contributed by atoms with Crippen LogP contribution in [0.15, 0.2) is 48.5 Å². The number of hydrogen-bond acceptors (Lipinski definition) is 1. The van der Waals surface area contributed by atoms with Crippen LogP contribution in [-0.4, -0.2) is 7.11 Å². The monoisotopic (exact) mass is 245 g/mol. The third kappa shape index (κ3) is 3.50. The summed E-state index contributed by atoms with van der Waals surface area (Å²) in [7, 11) is 1.68. The Labute approximate surface area is 107 Å². The van der Waals surface area contributed by atoms with E-state index in [9.17, 15) is 0 Å². The summed E-state index contributed by atoms with van der Waals surface area (Å²) >= 11 is 5.84. The fourth-order valence-corrected chi connectivity index (χ4v) is 1.75.